The molecule has 0 aliphatic carbocycles. The van der Waals surface area contributed by atoms with Gasteiger partial charge in [-0.3, -0.25) is 5.10 Å². The molecule has 1 heterocycles. The third kappa shape index (κ3) is 4.90. The lowest BCUT2D eigenvalue weighted by Crippen LogP contribution is -2.16. The minimum atomic E-state index is 0.351. The highest BCUT2D eigenvalue weighted by Crippen LogP contribution is 2.25. The number of aromatic nitrogens is 3. The first-order valence-electron chi connectivity index (χ1n) is 6.46. The van der Waals surface area contributed by atoms with Gasteiger partial charge in [-0.1, -0.05) is 27.7 Å². The molecule has 1 aromatic rings. The van der Waals surface area contributed by atoms with E-state index >= 15 is 0 Å². The Morgan fingerprint density at radius 3 is 2.67 bits per heavy atom. The van der Waals surface area contributed by atoms with Gasteiger partial charge in [0.1, 0.15) is 5.82 Å². The Morgan fingerprint density at radius 1 is 1.44 bits per heavy atom. The molecule has 0 saturated heterocycles. The van der Waals surface area contributed by atoms with Crippen molar-refractivity contribution in [3.05, 3.63) is 10.6 Å². The molecule has 0 radical (unpaired) electrons. The summed E-state index contributed by atoms with van der Waals surface area (Å²) in [5.74, 6) is 1.63. The molecule has 0 spiro atoms. The number of nitrogens with zero attached hydrogens (tertiary/aromatic N) is 2. The van der Waals surface area contributed by atoms with E-state index in [4.69, 9.17) is 17.0 Å². The van der Waals surface area contributed by atoms with Crippen LogP contribution in [0.1, 0.15) is 39.9 Å². The summed E-state index contributed by atoms with van der Waals surface area (Å²) in [6.07, 6.45) is 2.13. The lowest BCUT2D eigenvalue weighted by atomic mass is 9.84. The lowest BCUT2D eigenvalue weighted by Gasteiger charge is -2.23. The fourth-order valence-corrected chi connectivity index (χ4v) is 2.59. The highest BCUT2D eigenvalue weighted by molar-refractivity contribution is 7.71. The summed E-state index contributed by atoms with van der Waals surface area (Å²) in [6, 6.07) is 0. The largest absolute Gasteiger partial charge is 0.383 e. The summed E-state index contributed by atoms with van der Waals surface area (Å²) < 4.78 is 7.83. The maximum atomic E-state index is 5.24. The minimum absolute atomic E-state index is 0.351. The second kappa shape index (κ2) is 6.48. The second-order valence-corrected chi connectivity index (χ2v) is 6.55. The van der Waals surface area contributed by atoms with Crippen LogP contribution in [0.5, 0.6) is 0 Å². The number of hydrogen-bond acceptors (Lipinski definition) is 3. The van der Waals surface area contributed by atoms with Crippen LogP contribution in [0.25, 0.3) is 0 Å². The van der Waals surface area contributed by atoms with Crippen LogP contribution in [-0.4, -0.2) is 28.5 Å². The Kier molecular flexibility index (Phi) is 5.53. The van der Waals surface area contributed by atoms with Gasteiger partial charge in [0.05, 0.1) is 6.61 Å². The molecule has 1 atom stereocenters. The molecule has 0 aliphatic rings. The van der Waals surface area contributed by atoms with Gasteiger partial charge in [-0.25, -0.2) is 0 Å². The summed E-state index contributed by atoms with van der Waals surface area (Å²) in [5, 5.41) is 7.20. The number of aromatic amines is 1. The van der Waals surface area contributed by atoms with E-state index in [2.05, 4.69) is 37.9 Å². The predicted octanol–water partition coefficient (Wildman–Crippen LogP) is 3.20. The van der Waals surface area contributed by atoms with Crippen LogP contribution >= 0.6 is 12.2 Å². The van der Waals surface area contributed by atoms with Crippen LogP contribution in [0, 0.1) is 16.1 Å². The maximum Gasteiger partial charge on any atom is 0.195 e. The molecule has 1 rings (SSSR count). The fourth-order valence-electron chi connectivity index (χ4n) is 2.35. The Morgan fingerprint density at radius 2 is 2.11 bits per heavy atom. The molecule has 0 aliphatic heterocycles. The van der Waals surface area contributed by atoms with Gasteiger partial charge in [0.15, 0.2) is 4.77 Å². The van der Waals surface area contributed by atoms with Crippen molar-refractivity contribution in [1.29, 1.82) is 0 Å². The molecule has 1 unspecified atom stereocenters. The smallest absolute Gasteiger partial charge is 0.195 e. The second-order valence-electron chi connectivity index (χ2n) is 6.16. The van der Waals surface area contributed by atoms with Gasteiger partial charge < -0.3 is 9.30 Å². The average Bonchev–Trinajstić information content (AvgIpc) is 2.54. The molecular formula is C13H25N3OS. The molecule has 104 valence electrons. The van der Waals surface area contributed by atoms with E-state index in [0.717, 1.165) is 18.8 Å². The van der Waals surface area contributed by atoms with Crippen molar-refractivity contribution in [2.45, 2.75) is 47.1 Å². The third-order valence-corrected chi connectivity index (χ3v) is 3.16. The summed E-state index contributed by atoms with van der Waals surface area (Å²) >= 11 is 5.24. The monoisotopic (exact) mass is 271 g/mol. The SMILES string of the molecule is COCCn1c(CC(C)CC(C)(C)C)n[nH]c1=S. The molecule has 5 heteroatoms. The van der Waals surface area contributed by atoms with Crippen LogP contribution in [0.15, 0.2) is 0 Å². The van der Waals surface area contributed by atoms with E-state index in [1.54, 1.807) is 7.11 Å². The first-order chi connectivity index (χ1) is 8.33. The van der Waals surface area contributed by atoms with Crippen molar-refractivity contribution in [2.24, 2.45) is 11.3 Å². The standard InChI is InChI=1S/C13H25N3OS/c1-10(9-13(2,3)4)8-11-14-15-12(18)16(11)6-7-17-5/h10H,6-9H2,1-5H3,(H,15,18). The minimum Gasteiger partial charge on any atom is -0.383 e. The Labute approximate surface area is 115 Å². The maximum absolute atomic E-state index is 5.24. The molecule has 4 nitrogen and oxygen atoms in total. The zero-order chi connectivity index (χ0) is 13.8. The zero-order valence-corrected chi connectivity index (χ0v) is 12.9. The first kappa shape index (κ1) is 15.4. The predicted molar refractivity (Wildman–Crippen MR) is 76.2 cm³/mol. The summed E-state index contributed by atoms with van der Waals surface area (Å²) in [5.41, 5.74) is 0.351. The van der Waals surface area contributed by atoms with Gasteiger partial charge in [0.25, 0.3) is 0 Å². The summed E-state index contributed by atoms with van der Waals surface area (Å²) in [7, 11) is 1.70. The number of rotatable bonds is 6. The van der Waals surface area contributed by atoms with Crippen molar-refractivity contribution >= 4 is 12.2 Å². The number of hydrogen-bond donors (Lipinski definition) is 1. The van der Waals surface area contributed by atoms with E-state index in [1.165, 1.54) is 6.42 Å². The third-order valence-electron chi connectivity index (χ3n) is 2.85. The Hall–Kier alpha value is -0.680. The quantitative estimate of drug-likeness (QED) is 0.808. The van der Waals surface area contributed by atoms with Gasteiger partial charge >= 0.3 is 0 Å². The van der Waals surface area contributed by atoms with Gasteiger partial charge in [-0.15, -0.1) is 0 Å². The summed E-state index contributed by atoms with van der Waals surface area (Å²) in [4.78, 5) is 0. The van der Waals surface area contributed by atoms with Crippen molar-refractivity contribution < 1.29 is 4.74 Å². The van der Waals surface area contributed by atoms with Gasteiger partial charge in [-0.2, -0.15) is 5.10 Å². The van der Waals surface area contributed by atoms with Crippen LogP contribution in [0.3, 0.4) is 0 Å². The van der Waals surface area contributed by atoms with Crippen molar-refractivity contribution in [2.75, 3.05) is 13.7 Å². The molecule has 1 N–H and O–H groups in total. The molecule has 0 aromatic carbocycles. The van der Waals surface area contributed by atoms with Crippen LogP contribution < -0.4 is 0 Å². The highest BCUT2D eigenvalue weighted by Gasteiger charge is 2.17. The van der Waals surface area contributed by atoms with Gasteiger partial charge in [0, 0.05) is 20.1 Å². The van der Waals surface area contributed by atoms with Gasteiger partial charge in [-0.05, 0) is 30.0 Å². The first-order valence-corrected chi connectivity index (χ1v) is 6.87. The summed E-state index contributed by atoms with van der Waals surface area (Å²) in [6.45, 7) is 10.5. The van der Waals surface area contributed by atoms with Crippen molar-refractivity contribution in [1.82, 2.24) is 14.8 Å². The lowest BCUT2D eigenvalue weighted by molar-refractivity contribution is 0.185. The van der Waals surface area contributed by atoms with E-state index in [0.29, 0.717) is 22.7 Å². The number of H-pyrrole nitrogens is 1. The van der Waals surface area contributed by atoms with Crippen LogP contribution in [-0.2, 0) is 17.7 Å². The van der Waals surface area contributed by atoms with E-state index < -0.39 is 0 Å². The highest BCUT2D eigenvalue weighted by atomic mass is 32.1. The number of nitrogens with one attached hydrogen (secondary N) is 1. The van der Waals surface area contributed by atoms with E-state index in [9.17, 15) is 0 Å². The van der Waals surface area contributed by atoms with E-state index in [1.807, 2.05) is 4.57 Å². The molecular weight excluding hydrogens is 246 g/mol. The van der Waals surface area contributed by atoms with Crippen molar-refractivity contribution in [3.8, 4) is 0 Å². The molecule has 1 aromatic heterocycles. The molecule has 0 bridgehead atoms. The van der Waals surface area contributed by atoms with Crippen molar-refractivity contribution in [3.63, 3.8) is 0 Å². The van der Waals surface area contributed by atoms with Crippen LogP contribution in [0.4, 0.5) is 0 Å². The van der Waals surface area contributed by atoms with E-state index in [-0.39, 0.29) is 0 Å². The molecule has 0 saturated carbocycles. The Balaban J connectivity index is 2.69. The fraction of sp³-hybridized carbons (Fsp3) is 0.846. The molecule has 0 fully saturated rings. The van der Waals surface area contributed by atoms with Crippen LogP contribution in [0.2, 0.25) is 0 Å². The average molecular weight is 271 g/mol. The van der Waals surface area contributed by atoms with Gasteiger partial charge in [0.2, 0.25) is 0 Å². The normalized spacial score (nSPS) is 13.8. The topological polar surface area (TPSA) is 42.8 Å². The number of methoxy groups -OCH3 is 1. The molecule has 0 amide bonds. The molecule has 18 heavy (non-hydrogen) atoms. The zero-order valence-electron chi connectivity index (χ0n) is 12.1. The Bertz CT molecular complexity index is 417. The number of ether oxygens (including phenoxy) is 1.